The molecule has 1 saturated heterocycles. The summed E-state index contributed by atoms with van der Waals surface area (Å²) in [5.41, 5.74) is 0.385. The summed E-state index contributed by atoms with van der Waals surface area (Å²) in [5.74, 6) is 1.34. The summed E-state index contributed by atoms with van der Waals surface area (Å²) in [6.07, 6.45) is 9.20. The van der Waals surface area contributed by atoms with Crippen molar-refractivity contribution in [3.8, 4) is 5.75 Å². The van der Waals surface area contributed by atoms with E-state index in [2.05, 4.69) is 0 Å². The van der Waals surface area contributed by atoms with Crippen LogP contribution in [0.4, 0.5) is 0 Å². The second-order valence-corrected chi connectivity index (χ2v) is 7.38. The van der Waals surface area contributed by atoms with Gasteiger partial charge in [0.2, 0.25) is 0 Å². The Hall–Kier alpha value is -1.55. The summed E-state index contributed by atoms with van der Waals surface area (Å²) in [6.45, 7) is 1.95. The highest BCUT2D eigenvalue weighted by Crippen LogP contribution is 2.37. The molecule has 0 amide bonds. The van der Waals surface area contributed by atoms with Crippen LogP contribution in [0.3, 0.4) is 0 Å². The van der Waals surface area contributed by atoms with E-state index in [4.69, 9.17) is 14.2 Å². The fourth-order valence-electron chi connectivity index (χ4n) is 4.15. The number of esters is 1. The Balaban J connectivity index is 1.72. The molecule has 0 unspecified atom stereocenters. The van der Waals surface area contributed by atoms with Crippen molar-refractivity contribution in [1.82, 2.24) is 0 Å². The van der Waals surface area contributed by atoms with Gasteiger partial charge in [0.05, 0.1) is 19.1 Å². The molecule has 4 heteroatoms. The van der Waals surface area contributed by atoms with Gasteiger partial charge in [0, 0.05) is 13.2 Å². The number of methoxy groups -OCH3 is 1. The van der Waals surface area contributed by atoms with Gasteiger partial charge in [0.15, 0.2) is 0 Å². The van der Waals surface area contributed by atoms with E-state index in [0.29, 0.717) is 32.0 Å². The molecule has 2 fully saturated rings. The zero-order valence-corrected chi connectivity index (χ0v) is 15.3. The van der Waals surface area contributed by atoms with E-state index in [9.17, 15) is 4.79 Å². The molecular weight excluding hydrogens is 316 g/mol. The monoisotopic (exact) mass is 346 g/mol. The molecule has 4 nitrogen and oxygen atoms in total. The van der Waals surface area contributed by atoms with Crippen molar-refractivity contribution < 1.29 is 19.0 Å². The minimum atomic E-state index is -0.602. The van der Waals surface area contributed by atoms with Gasteiger partial charge in [-0.25, -0.2) is 0 Å². The highest BCUT2D eigenvalue weighted by Gasteiger charge is 2.43. The third-order valence-electron chi connectivity index (χ3n) is 5.77. The first-order valence-electron chi connectivity index (χ1n) is 9.64. The van der Waals surface area contributed by atoms with Crippen molar-refractivity contribution in [3.05, 3.63) is 29.8 Å². The molecule has 0 N–H and O–H groups in total. The van der Waals surface area contributed by atoms with Crippen LogP contribution in [-0.2, 0) is 19.7 Å². The number of ether oxygens (including phenoxy) is 3. The normalized spacial score (nSPS) is 21.3. The highest BCUT2D eigenvalue weighted by atomic mass is 16.5. The van der Waals surface area contributed by atoms with Crippen molar-refractivity contribution in [2.45, 2.75) is 56.8 Å². The van der Waals surface area contributed by atoms with Gasteiger partial charge in [-0.1, -0.05) is 37.8 Å². The van der Waals surface area contributed by atoms with Gasteiger partial charge in [0.25, 0.3) is 0 Å². The lowest BCUT2D eigenvalue weighted by Crippen LogP contribution is -2.42. The van der Waals surface area contributed by atoms with Crippen LogP contribution < -0.4 is 4.74 Å². The second-order valence-electron chi connectivity index (χ2n) is 7.38. The Morgan fingerprint density at radius 3 is 2.56 bits per heavy atom. The summed E-state index contributed by atoms with van der Waals surface area (Å²) in [6, 6.07) is 8.02. The molecule has 1 heterocycles. The average Bonchev–Trinajstić information content (AvgIpc) is 2.95. The average molecular weight is 346 g/mol. The maximum Gasteiger partial charge on any atom is 0.316 e. The Bertz CT molecular complexity index is 555. The quantitative estimate of drug-likeness (QED) is 0.590. The molecule has 1 saturated carbocycles. The predicted octanol–water partition coefficient (Wildman–Crippen LogP) is 4.26. The first-order valence-corrected chi connectivity index (χ1v) is 9.64. The van der Waals surface area contributed by atoms with E-state index < -0.39 is 5.41 Å². The minimum absolute atomic E-state index is 0.170. The summed E-state index contributed by atoms with van der Waals surface area (Å²) in [7, 11) is 1.46. The molecule has 0 spiro atoms. The predicted molar refractivity (Wildman–Crippen MR) is 96.9 cm³/mol. The lowest BCUT2D eigenvalue weighted by atomic mass is 9.74. The Kier molecular flexibility index (Phi) is 6.35. The summed E-state index contributed by atoms with van der Waals surface area (Å²) < 4.78 is 16.7. The van der Waals surface area contributed by atoms with Gasteiger partial charge in [-0.2, -0.15) is 0 Å². The Morgan fingerprint density at radius 1 is 1.16 bits per heavy atom. The maximum absolute atomic E-state index is 12.5. The van der Waals surface area contributed by atoms with Gasteiger partial charge >= 0.3 is 5.97 Å². The molecule has 1 aromatic rings. The van der Waals surface area contributed by atoms with Crippen molar-refractivity contribution in [2.24, 2.45) is 5.92 Å². The van der Waals surface area contributed by atoms with Crippen LogP contribution in [0.2, 0.25) is 0 Å². The van der Waals surface area contributed by atoms with E-state index >= 15 is 0 Å². The van der Waals surface area contributed by atoms with Gasteiger partial charge in [-0.05, 0) is 49.3 Å². The zero-order chi connectivity index (χ0) is 17.5. The lowest BCUT2D eigenvalue weighted by molar-refractivity contribution is -0.151. The number of carbonyl (C=O) groups excluding carboxylic acids is 1. The minimum Gasteiger partial charge on any atom is -0.493 e. The van der Waals surface area contributed by atoms with Crippen molar-refractivity contribution in [3.63, 3.8) is 0 Å². The molecule has 2 aliphatic rings. The van der Waals surface area contributed by atoms with Crippen molar-refractivity contribution in [2.75, 3.05) is 26.9 Å². The third-order valence-corrected chi connectivity index (χ3v) is 5.77. The second kappa shape index (κ2) is 8.70. The third kappa shape index (κ3) is 4.35. The van der Waals surface area contributed by atoms with Crippen molar-refractivity contribution >= 4 is 5.97 Å². The SMILES string of the molecule is COC(=O)C1(c2cccc(OCC3CCCCCC3)c2)CCOCC1. The maximum atomic E-state index is 12.5. The fraction of sp³-hybridized carbons (Fsp3) is 0.667. The zero-order valence-electron chi connectivity index (χ0n) is 15.3. The standard InChI is InChI=1S/C21H30O4/c1-23-20(22)21(11-13-24-14-12-21)18-9-6-10-19(15-18)25-16-17-7-4-2-3-5-8-17/h6,9-10,15,17H,2-5,7-8,11-14,16H2,1H3. The molecule has 0 bridgehead atoms. The first-order chi connectivity index (χ1) is 12.2. The lowest BCUT2D eigenvalue weighted by Gasteiger charge is -2.35. The van der Waals surface area contributed by atoms with Gasteiger partial charge < -0.3 is 14.2 Å². The van der Waals surface area contributed by atoms with Crippen LogP contribution in [0, 0.1) is 5.92 Å². The van der Waals surface area contributed by atoms with E-state index in [1.807, 2.05) is 24.3 Å². The first kappa shape index (κ1) is 18.2. The number of rotatable bonds is 5. The summed E-state index contributed by atoms with van der Waals surface area (Å²) in [4.78, 5) is 12.5. The molecule has 0 atom stereocenters. The van der Waals surface area contributed by atoms with E-state index in [1.54, 1.807) is 0 Å². The van der Waals surface area contributed by atoms with Crippen molar-refractivity contribution in [1.29, 1.82) is 0 Å². The molecule has 25 heavy (non-hydrogen) atoms. The van der Waals surface area contributed by atoms with Gasteiger partial charge in [-0.15, -0.1) is 0 Å². The van der Waals surface area contributed by atoms with Crippen LogP contribution in [-0.4, -0.2) is 32.9 Å². The van der Waals surface area contributed by atoms with Gasteiger partial charge in [0.1, 0.15) is 5.75 Å². The molecule has 138 valence electrons. The smallest absolute Gasteiger partial charge is 0.316 e. The summed E-state index contributed by atoms with van der Waals surface area (Å²) >= 11 is 0. The fourth-order valence-corrected chi connectivity index (χ4v) is 4.15. The molecular formula is C21H30O4. The highest BCUT2D eigenvalue weighted by molar-refractivity contribution is 5.83. The Morgan fingerprint density at radius 2 is 1.88 bits per heavy atom. The number of hydrogen-bond acceptors (Lipinski definition) is 4. The van der Waals surface area contributed by atoms with Crippen LogP contribution in [0.5, 0.6) is 5.75 Å². The van der Waals surface area contributed by atoms with E-state index in [-0.39, 0.29) is 5.97 Å². The van der Waals surface area contributed by atoms with E-state index in [0.717, 1.165) is 17.9 Å². The molecule has 0 radical (unpaired) electrons. The van der Waals surface area contributed by atoms with Crippen LogP contribution >= 0.6 is 0 Å². The largest absolute Gasteiger partial charge is 0.493 e. The van der Waals surface area contributed by atoms with Crippen LogP contribution in [0.1, 0.15) is 56.9 Å². The molecule has 1 aliphatic carbocycles. The Labute approximate surface area is 150 Å². The number of carbonyl (C=O) groups is 1. The molecule has 1 aromatic carbocycles. The van der Waals surface area contributed by atoms with Crippen LogP contribution in [0.15, 0.2) is 24.3 Å². The molecule has 0 aromatic heterocycles. The summed E-state index contributed by atoms with van der Waals surface area (Å²) in [5, 5.41) is 0. The molecule has 1 aliphatic heterocycles. The number of hydrogen-bond donors (Lipinski definition) is 0. The number of benzene rings is 1. The molecule has 3 rings (SSSR count). The van der Waals surface area contributed by atoms with Crippen LogP contribution in [0.25, 0.3) is 0 Å². The van der Waals surface area contributed by atoms with Gasteiger partial charge in [-0.3, -0.25) is 4.79 Å². The topological polar surface area (TPSA) is 44.8 Å². The van der Waals surface area contributed by atoms with E-state index in [1.165, 1.54) is 45.6 Å².